The Balaban J connectivity index is 3.51. The molecular formula is C10H8N2O3. The van der Waals surface area contributed by atoms with Crippen molar-refractivity contribution in [1.29, 1.82) is 5.26 Å². The molecule has 0 spiro atoms. The average Bonchev–Trinajstić information content (AvgIpc) is 2.16. The highest BCUT2D eigenvalue weighted by atomic mass is 16.4. The summed E-state index contributed by atoms with van der Waals surface area (Å²) in [5.41, 5.74) is 5.48. The van der Waals surface area contributed by atoms with E-state index in [1.165, 1.54) is 12.1 Å². The molecular weight excluding hydrogens is 196 g/mol. The zero-order valence-corrected chi connectivity index (χ0v) is 7.94. The van der Waals surface area contributed by atoms with Gasteiger partial charge in [-0.1, -0.05) is 0 Å². The van der Waals surface area contributed by atoms with Crippen molar-refractivity contribution in [2.75, 3.05) is 0 Å². The molecule has 5 heteroatoms. The van der Waals surface area contributed by atoms with Gasteiger partial charge in [0.25, 0.3) is 0 Å². The maximum Gasteiger partial charge on any atom is 0.337 e. The third-order valence-corrected chi connectivity index (χ3v) is 1.98. The van der Waals surface area contributed by atoms with Crippen molar-refractivity contribution >= 4 is 11.9 Å². The number of hydrogen-bond acceptors (Lipinski definition) is 3. The topological polar surface area (TPSA) is 104 Å². The number of carboxylic acids is 1. The van der Waals surface area contributed by atoms with Crippen LogP contribution in [0.1, 0.15) is 31.8 Å². The lowest BCUT2D eigenvalue weighted by Crippen LogP contribution is -2.14. The zero-order chi connectivity index (χ0) is 11.6. The van der Waals surface area contributed by atoms with Gasteiger partial charge in [-0.15, -0.1) is 0 Å². The van der Waals surface area contributed by atoms with Gasteiger partial charge in [0.1, 0.15) is 6.07 Å². The molecule has 1 aromatic carbocycles. The van der Waals surface area contributed by atoms with Gasteiger partial charge in [0.2, 0.25) is 5.91 Å². The van der Waals surface area contributed by atoms with E-state index in [9.17, 15) is 9.59 Å². The molecule has 0 aliphatic carbocycles. The van der Waals surface area contributed by atoms with E-state index in [1.807, 2.05) is 0 Å². The number of hydrogen-bond donors (Lipinski definition) is 2. The number of aryl methyl sites for hydroxylation is 1. The predicted molar refractivity (Wildman–Crippen MR) is 51.4 cm³/mol. The first-order valence-electron chi connectivity index (χ1n) is 4.05. The second-order valence-corrected chi connectivity index (χ2v) is 2.99. The third kappa shape index (κ3) is 1.94. The fourth-order valence-electron chi connectivity index (χ4n) is 1.24. The Morgan fingerprint density at radius 3 is 2.40 bits per heavy atom. The van der Waals surface area contributed by atoms with Gasteiger partial charge in [-0.2, -0.15) is 5.26 Å². The van der Waals surface area contributed by atoms with Crippen molar-refractivity contribution in [1.82, 2.24) is 0 Å². The zero-order valence-electron chi connectivity index (χ0n) is 7.94. The summed E-state index contributed by atoms with van der Waals surface area (Å²) in [5, 5.41) is 17.5. The van der Waals surface area contributed by atoms with Gasteiger partial charge < -0.3 is 10.8 Å². The summed E-state index contributed by atoms with van der Waals surface area (Å²) in [6, 6.07) is 4.17. The lowest BCUT2D eigenvalue weighted by atomic mass is 9.99. The van der Waals surface area contributed by atoms with E-state index in [0.29, 0.717) is 5.56 Å². The van der Waals surface area contributed by atoms with Crippen LogP contribution in [0.5, 0.6) is 0 Å². The molecule has 0 atom stereocenters. The van der Waals surface area contributed by atoms with E-state index < -0.39 is 11.9 Å². The molecule has 0 unspecified atom stereocenters. The number of benzene rings is 1. The van der Waals surface area contributed by atoms with Crippen LogP contribution in [0.15, 0.2) is 12.1 Å². The number of carbonyl (C=O) groups excluding carboxylic acids is 1. The second kappa shape index (κ2) is 3.80. The van der Waals surface area contributed by atoms with Gasteiger partial charge in [0.15, 0.2) is 0 Å². The fraction of sp³-hybridized carbons (Fsp3) is 0.100. The first-order valence-corrected chi connectivity index (χ1v) is 4.05. The molecule has 1 amide bonds. The highest BCUT2D eigenvalue weighted by Gasteiger charge is 2.15. The van der Waals surface area contributed by atoms with E-state index in [4.69, 9.17) is 16.1 Å². The van der Waals surface area contributed by atoms with E-state index in [2.05, 4.69) is 0 Å². The number of nitrogens with two attached hydrogens (primary N) is 1. The van der Waals surface area contributed by atoms with Crippen LogP contribution in [-0.2, 0) is 0 Å². The molecule has 0 radical (unpaired) electrons. The van der Waals surface area contributed by atoms with Crippen LogP contribution < -0.4 is 5.73 Å². The van der Waals surface area contributed by atoms with Crippen LogP contribution in [-0.4, -0.2) is 17.0 Å². The summed E-state index contributed by atoms with van der Waals surface area (Å²) >= 11 is 0. The van der Waals surface area contributed by atoms with Crippen molar-refractivity contribution in [2.24, 2.45) is 5.73 Å². The van der Waals surface area contributed by atoms with Crippen molar-refractivity contribution in [3.05, 3.63) is 34.4 Å². The summed E-state index contributed by atoms with van der Waals surface area (Å²) in [7, 11) is 0. The smallest absolute Gasteiger partial charge is 0.337 e. The minimum Gasteiger partial charge on any atom is -0.478 e. The maximum atomic E-state index is 10.9. The summed E-state index contributed by atoms with van der Waals surface area (Å²) < 4.78 is 0. The summed E-state index contributed by atoms with van der Waals surface area (Å²) in [4.78, 5) is 21.7. The van der Waals surface area contributed by atoms with Crippen LogP contribution in [0.3, 0.4) is 0 Å². The number of primary amides is 1. The first-order chi connectivity index (χ1) is 6.97. The van der Waals surface area contributed by atoms with Crippen molar-refractivity contribution < 1.29 is 14.7 Å². The van der Waals surface area contributed by atoms with Crippen LogP contribution in [0.2, 0.25) is 0 Å². The van der Waals surface area contributed by atoms with Gasteiger partial charge >= 0.3 is 5.97 Å². The SMILES string of the molecule is Cc1cc(C(=O)O)c(C#N)cc1C(N)=O. The number of nitrogens with zero attached hydrogens (tertiary/aromatic N) is 1. The molecule has 0 fully saturated rings. The average molecular weight is 204 g/mol. The summed E-state index contributed by atoms with van der Waals surface area (Å²) in [6.07, 6.45) is 0. The van der Waals surface area contributed by atoms with Crippen LogP contribution >= 0.6 is 0 Å². The lowest BCUT2D eigenvalue weighted by molar-refractivity contribution is 0.0696. The Morgan fingerprint density at radius 1 is 1.40 bits per heavy atom. The molecule has 0 aliphatic heterocycles. The Bertz CT molecular complexity index is 486. The monoisotopic (exact) mass is 204 g/mol. The molecule has 5 nitrogen and oxygen atoms in total. The largest absolute Gasteiger partial charge is 0.478 e. The molecule has 0 bridgehead atoms. The number of rotatable bonds is 2. The maximum absolute atomic E-state index is 10.9. The van der Waals surface area contributed by atoms with Gasteiger partial charge in [0.05, 0.1) is 11.1 Å². The van der Waals surface area contributed by atoms with E-state index in [0.717, 1.165) is 0 Å². The summed E-state index contributed by atoms with van der Waals surface area (Å²) in [5.74, 6) is -1.88. The standard InChI is InChI=1S/C10H8N2O3/c1-5-2-8(10(14)15)6(4-11)3-7(5)9(12)13/h2-3H,1H3,(H2,12,13)(H,14,15). The molecule has 1 aromatic rings. The van der Waals surface area contributed by atoms with E-state index >= 15 is 0 Å². The minimum absolute atomic E-state index is 0.0677. The Kier molecular flexibility index (Phi) is 2.72. The van der Waals surface area contributed by atoms with Crippen molar-refractivity contribution in [3.8, 4) is 6.07 Å². The Hall–Kier alpha value is -2.35. The molecule has 0 aliphatic rings. The number of nitriles is 1. The van der Waals surface area contributed by atoms with Gasteiger partial charge in [-0.05, 0) is 24.6 Å². The molecule has 0 saturated carbocycles. The van der Waals surface area contributed by atoms with Crippen LogP contribution in [0.25, 0.3) is 0 Å². The van der Waals surface area contributed by atoms with Gasteiger partial charge in [-0.25, -0.2) is 4.79 Å². The number of carbonyl (C=O) groups is 2. The van der Waals surface area contributed by atoms with Gasteiger partial charge in [-0.3, -0.25) is 4.79 Å². The quantitative estimate of drug-likeness (QED) is 0.738. The normalized spacial score (nSPS) is 9.33. The molecule has 1 rings (SSSR count). The van der Waals surface area contributed by atoms with Crippen molar-refractivity contribution in [3.63, 3.8) is 0 Å². The minimum atomic E-state index is -1.20. The highest BCUT2D eigenvalue weighted by Crippen LogP contribution is 2.15. The second-order valence-electron chi connectivity index (χ2n) is 2.99. The number of carboxylic acid groups (broad SMARTS) is 1. The third-order valence-electron chi connectivity index (χ3n) is 1.98. The molecule has 76 valence electrons. The fourth-order valence-corrected chi connectivity index (χ4v) is 1.24. The van der Waals surface area contributed by atoms with Crippen LogP contribution in [0.4, 0.5) is 0 Å². The number of aromatic carboxylic acids is 1. The predicted octanol–water partition coefficient (Wildman–Crippen LogP) is 0.664. The lowest BCUT2D eigenvalue weighted by Gasteiger charge is -2.04. The molecule has 0 heterocycles. The Morgan fingerprint density at radius 2 is 2.00 bits per heavy atom. The molecule has 0 aromatic heterocycles. The van der Waals surface area contributed by atoms with Gasteiger partial charge in [0, 0.05) is 5.56 Å². The number of amides is 1. The molecule has 0 saturated heterocycles. The highest BCUT2D eigenvalue weighted by molar-refractivity contribution is 5.98. The Labute approximate surface area is 85.7 Å². The van der Waals surface area contributed by atoms with Crippen molar-refractivity contribution in [2.45, 2.75) is 6.92 Å². The molecule has 15 heavy (non-hydrogen) atoms. The molecule has 3 N–H and O–H groups in total. The van der Waals surface area contributed by atoms with E-state index in [1.54, 1.807) is 13.0 Å². The van der Waals surface area contributed by atoms with Crippen LogP contribution in [0, 0.1) is 18.3 Å². The van der Waals surface area contributed by atoms with E-state index in [-0.39, 0.29) is 16.7 Å². The first kappa shape index (κ1) is 10.7. The summed E-state index contributed by atoms with van der Waals surface area (Å²) in [6.45, 7) is 1.56.